The molecular formula is C11H20N2O2. The van der Waals surface area contributed by atoms with Crippen LogP contribution in [-0.2, 0) is 4.79 Å². The van der Waals surface area contributed by atoms with Crippen LogP contribution in [0.4, 0.5) is 0 Å². The molecule has 1 atom stereocenters. The third kappa shape index (κ3) is 4.01. The summed E-state index contributed by atoms with van der Waals surface area (Å²) in [6.07, 6.45) is 2.94. The molecule has 0 aromatic heterocycles. The van der Waals surface area contributed by atoms with Gasteiger partial charge in [-0.3, -0.25) is 9.80 Å². The molecule has 1 fully saturated rings. The van der Waals surface area contributed by atoms with E-state index in [0.717, 1.165) is 32.7 Å². The maximum absolute atomic E-state index is 10.3. The quantitative estimate of drug-likeness (QED) is 0.695. The van der Waals surface area contributed by atoms with Crippen molar-refractivity contribution in [3.63, 3.8) is 0 Å². The number of piperazine rings is 1. The Morgan fingerprint density at radius 2 is 2.27 bits per heavy atom. The number of rotatable bonds is 4. The molecule has 1 heterocycles. The van der Waals surface area contributed by atoms with Crippen molar-refractivity contribution in [3.05, 3.63) is 12.2 Å². The summed E-state index contributed by atoms with van der Waals surface area (Å²) in [6.45, 7) is 9.37. The second kappa shape index (κ2) is 5.88. The smallest absolute Gasteiger partial charge is 0.328 e. The Morgan fingerprint density at radius 1 is 1.53 bits per heavy atom. The third-order valence-electron chi connectivity index (χ3n) is 2.88. The Labute approximate surface area is 91.2 Å². The second-order valence-electron chi connectivity index (χ2n) is 3.98. The second-order valence-corrected chi connectivity index (χ2v) is 3.98. The summed E-state index contributed by atoms with van der Waals surface area (Å²) in [7, 11) is 0. The van der Waals surface area contributed by atoms with E-state index in [4.69, 9.17) is 5.11 Å². The van der Waals surface area contributed by atoms with Crippen LogP contribution in [0.5, 0.6) is 0 Å². The van der Waals surface area contributed by atoms with E-state index in [1.165, 1.54) is 6.08 Å². The highest BCUT2D eigenvalue weighted by Gasteiger charge is 2.20. The van der Waals surface area contributed by atoms with E-state index in [2.05, 4.69) is 23.6 Å². The molecular weight excluding hydrogens is 192 g/mol. The molecule has 1 unspecified atom stereocenters. The minimum absolute atomic E-state index is 0.571. The zero-order valence-corrected chi connectivity index (χ0v) is 9.52. The highest BCUT2D eigenvalue weighted by molar-refractivity contribution is 5.79. The summed E-state index contributed by atoms with van der Waals surface area (Å²) >= 11 is 0. The monoisotopic (exact) mass is 212 g/mol. The topological polar surface area (TPSA) is 43.8 Å². The van der Waals surface area contributed by atoms with Crippen molar-refractivity contribution in [1.82, 2.24) is 9.80 Å². The van der Waals surface area contributed by atoms with E-state index in [0.29, 0.717) is 6.04 Å². The standard InChI is InChI=1S/C11H20N2O2/c1-3-13-8-7-12(9-10(13)2)6-4-5-11(14)15/h4-5,10H,3,6-9H2,1-2H3,(H,14,15). The van der Waals surface area contributed by atoms with Crippen LogP contribution in [0.3, 0.4) is 0 Å². The van der Waals surface area contributed by atoms with Gasteiger partial charge in [0.05, 0.1) is 0 Å². The van der Waals surface area contributed by atoms with Gasteiger partial charge >= 0.3 is 5.97 Å². The summed E-state index contributed by atoms with van der Waals surface area (Å²) in [6, 6.07) is 0.571. The van der Waals surface area contributed by atoms with Crippen LogP contribution in [0.15, 0.2) is 12.2 Å². The Balaban J connectivity index is 2.31. The summed E-state index contributed by atoms with van der Waals surface area (Å²) in [5.74, 6) is -0.866. The zero-order valence-electron chi connectivity index (χ0n) is 9.52. The maximum Gasteiger partial charge on any atom is 0.328 e. The van der Waals surface area contributed by atoms with Crippen LogP contribution in [0.25, 0.3) is 0 Å². The largest absolute Gasteiger partial charge is 0.478 e. The number of aliphatic carboxylic acids is 1. The average molecular weight is 212 g/mol. The van der Waals surface area contributed by atoms with Crippen molar-refractivity contribution in [2.24, 2.45) is 0 Å². The van der Waals surface area contributed by atoms with Crippen LogP contribution >= 0.6 is 0 Å². The first-order valence-corrected chi connectivity index (χ1v) is 5.49. The molecule has 1 aliphatic heterocycles. The molecule has 0 aromatic rings. The Bertz CT molecular complexity index is 241. The van der Waals surface area contributed by atoms with E-state index in [9.17, 15) is 4.79 Å². The maximum atomic E-state index is 10.3. The molecule has 1 saturated heterocycles. The van der Waals surface area contributed by atoms with Gasteiger partial charge in [0, 0.05) is 38.3 Å². The fourth-order valence-corrected chi connectivity index (χ4v) is 2.01. The number of hydrogen-bond donors (Lipinski definition) is 1. The molecule has 1 N–H and O–H groups in total. The fraction of sp³-hybridized carbons (Fsp3) is 0.727. The predicted octanol–water partition coefficient (Wildman–Crippen LogP) is 0.653. The predicted molar refractivity (Wildman–Crippen MR) is 59.9 cm³/mol. The highest BCUT2D eigenvalue weighted by Crippen LogP contribution is 2.08. The van der Waals surface area contributed by atoms with E-state index in [1.54, 1.807) is 6.08 Å². The molecule has 1 aliphatic rings. The van der Waals surface area contributed by atoms with Crippen molar-refractivity contribution in [2.45, 2.75) is 19.9 Å². The lowest BCUT2D eigenvalue weighted by atomic mass is 10.2. The van der Waals surface area contributed by atoms with Gasteiger partial charge in [0.1, 0.15) is 0 Å². The number of carboxylic acid groups (broad SMARTS) is 1. The SMILES string of the molecule is CCN1CCN(CC=CC(=O)O)CC1C. The first-order valence-electron chi connectivity index (χ1n) is 5.49. The van der Waals surface area contributed by atoms with Gasteiger partial charge < -0.3 is 5.11 Å². The normalized spacial score (nSPS) is 24.8. The van der Waals surface area contributed by atoms with Crippen molar-refractivity contribution < 1.29 is 9.90 Å². The number of hydrogen-bond acceptors (Lipinski definition) is 3. The van der Waals surface area contributed by atoms with Crippen molar-refractivity contribution in [3.8, 4) is 0 Å². The van der Waals surface area contributed by atoms with Gasteiger partial charge in [-0.2, -0.15) is 0 Å². The van der Waals surface area contributed by atoms with Crippen molar-refractivity contribution in [1.29, 1.82) is 0 Å². The molecule has 86 valence electrons. The van der Waals surface area contributed by atoms with Gasteiger partial charge in [0.2, 0.25) is 0 Å². The van der Waals surface area contributed by atoms with Gasteiger partial charge in [-0.15, -0.1) is 0 Å². The number of nitrogens with zero attached hydrogens (tertiary/aromatic N) is 2. The third-order valence-corrected chi connectivity index (χ3v) is 2.88. The van der Waals surface area contributed by atoms with Crippen molar-refractivity contribution in [2.75, 3.05) is 32.7 Å². The minimum Gasteiger partial charge on any atom is -0.478 e. The van der Waals surface area contributed by atoms with Gasteiger partial charge in [-0.1, -0.05) is 13.0 Å². The van der Waals surface area contributed by atoms with Crippen LogP contribution < -0.4 is 0 Å². The first kappa shape index (κ1) is 12.2. The molecule has 0 bridgehead atoms. The summed E-state index contributed by atoms with van der Waals surface area (Å²) in [5.41, 5.74) is 0. The van der Waals surface area contributed by atoms with E-state index in [-0.39, 0.29) is 0 Å². The summed E-state index contributed by atoms with van der Waals surface area (Å²) in [5, 5.41) is 8.46. The van der Waals surface area contributed by atoms with Crippen molar-refractivity contribution >= 4 is 5.97 Å². The van der Waals surface area contributed by atoms with Crippen LogP contribution in [0.2, 0.25) is 0 Å². The van der Waals surface area contributed by atoms with E-state index < -0.39 is 5.97 Å². The lowest BCUT2D eigenvalue weighted by molar-refractivity contribution is -0.131. The van der Waals surface area contributed by atoms with Gasteiger partial charge in [-0.05, 0) is 13.5 Å². The highest BCUT2D eigenvalue weighted by atomic mass is 16.4. The molecule has 0 saturated carbocycles. The van der Waals surface area contributed by atoms with E-state index >= 15 is 0 Å². The minimum atomic E-state index is -0.866. The zero-order chi connectivity index (χ0) is 11.3. The molecule has 0 aliphatic carbocycles. The first-order chi connectivity index (χ1) is 7.13. The number of carbonyl (C=O) groups is 1. The average Bonchev–Trinajstić information content (AvgIpc) is 2.17. The van der Waals surface area contributed by atoms with Crippen LogP contribution in [-0.4, -0.2) is 59.6 Å². The molecule has 4 nitrogen and oxygen atoms in total. The number of carboxylic acids is 1. The molecule has 0 radical (unpaired) electrons. The molecule has 0 spiro atoms. The van der Waals surface area contributed by atoms with Gasteiger partial charge in [0.25, 0.3) is 0 Å². The fourth-order valence-electron chi connectivity index (χ4n) is 2.01. The Kier molecular flexibility index (Phi) is 4.78. The Hall–Kier alpha value is -0.870. The summed E-state index contributed by atoms with van der Waals surface area (Å²) in [4.78, 5) is 15.0. The molecule has 15 heavy (non-hydrogen) atoms. The molecule has 0 aromatic carbocycles. The lowest BCUT2D eigenvalue weighted by Gasteiger charge is -2.38. The van der Waals surface area contributed by atoms with E-state index in [1.807, 2.05) is 0 Å². The van der Waals surface area contributed by atoms with Gasteiger partial charge in [0.15, 0.2) is 0 Å². The Morgan fingerprint density at radius 3 is 2.80 bits per heavy atom. The lowest BCUT2D eigenvalue weighted by Crippen LogP contribution is -2.51. The van der Waals surface area contributed by atoms with Crippen LogP contribution in [0, 0.1) is 0 Å². The van der Waals surface area contributed by atoms with Gasteiger partial charge in [-0.25, -0.2) is 4.79 Å². The van der Waals surface area contributed by atoms with Crippen LogP contribution in [0.1, 0.15) is 13.8 Å². The molecule has 0 amide bonds. The number of likely N-dealkylation sites (N-methyl/N-ethyl adjacent to an activating group) is 1. The molecule has 1 rings (SSSR count). The molecule has 4 heteroatoms. The summed E-state index contributed by atoms with van der Waals surface area (Å²) < 4.78 is 0.